The van der Waals surface area contributed by atoms with Gasteiger partial charge in [-0.2, -0.15) is 0 Å². The van der Waals surface area contributed by atoms with Crippen LogP contribution < -0.4 is 10.1 Å². The largest absolute Gasteiger partial charge is 0.493 e. The van der Waals surface area contributed by atoms with Crippen LogP contribution >= 0.6 is 0 Å². The summed E-state index contributed by atoms with van der Waals surface area (Å²) in [7, 11) is 2.09. The van der Waals surface area contributed by atoms with Crippen molar-refractivity contribution in [2.45, 2.75) is 26.4 Å². The monoisotopic (exact) mass is 344 g/mol. The molecule has 1 rings (SSSR count). The topological polar surface area (TPSA) is 117 Å². The second-order valence-electron chi connectivity index (χ2n) is 5.54. The van der Waals surface area contributed by atoms with Crippen molar-refractivity contribution in [3.8, 4) is 5.75 Å². The Kier molecular flexibility index (Phi) is 5.67. The van der Waals surface area contributed by atoms with Crippen LogP contribution in [0.3, 0.4) is 0 Å². The van der Waals surface area contributed by atoms with Crippen LogP contribution in [-0.4, -0.2) is 36.8 Å². The van der Waals surface area contributed by atoms with Gasteiger partial charge in [0.1, 0.15) is 11.2 Å². The average molecular weight is 344 g/mol. The third kappa shape index (κ3) is 4.31. The summed E-state index contributed by atoms with van der Waals surface area (Å²) in [6, 6.07) is 0.750. The Balaban J connectivity index is 3.46. The minimum atomic E-state index is -1.29. The number of hydrogen-bond acceptors (Lipinski definition) is 7. The number of carbonyl (C=O) groups excluding carboxylic acids is 2. The van der Waals surface area contributed by atoms with E-state index in [1.54, 1.807) is 20.8 Å². The van der Waals surface area contributed by atoms with E-state index in [0.29, 0.717) is 0 Å². The smallest absolute Gasteiger partial charge is 0.412 e. The van der Waals surface area contributed by atoms with E-state index in [4.69, 9.17) is 9.47 Å². The molecule has 1 N–H and O–H groups in total. The van der Waals surface area contributed by atoms with Crippen LogP contribution in [-0.2, 0) is 9.47 Å². The lowest BCUT2D eigenvalue weighted by molar-refractivity contribution is -0.384. The van der Waals surface area contributed by atoms with Gasteiger partial charge in [0.2, 0.25) is 0 Å². The summed E-state index contributed by atoms with van der Waals surface area (Å²) in [6.07, 6.45) is -1.10. The Bertz CT molecular complexity index is 683. The summed E-state index contributed by atoms with van der Waals surface area (Å²) < 4.78 is 28.7. The number of anilines is 1. The number of nitro benzene ring substituents is 1. The quantitative estimate of drug-likeness (QED) is 0.507. The normalized spacial score (nSPS) is 10.8. The first-order valence-electron chi connectivity index (χ1n) is 6.65. The second-order valence-corrected chi connectivity index (χ2v) is 5.54. The standard InChI is InChI=1S/C14H17FN2O7/c1-14(2,3)24-13(19)16-10-8(17(20)21)6-7(12(18)23-5)11(22-4)9(10)15/h6H,1-5H3,(H,16,19). The molecule has 0 aliphatic heterocycles. The molecule has 1 aromatic rings. The average Bonchev–Trinajstić information content (AvgIpc) is 2.45. The Labute approximate surface area is 136 Å². The molecule has 0 spiro atoms. The third-order valence-electron chi connectivity index (χ3n) is 2.63. The van der Waals surface area contributed by atoms with Gasteiger partial charge in [-0.25, -0.2) is 14.0 Å². The van der Waals surface area contributed by atoms with Crippen LogP contribution in [0.1, 0.15) is 31.1 Å². The third-order valence-corrected chi connectivity index (χ3v) is 2.63. The molecule has 0 saturated carbocycles. The lowest BCUT2D eigenvalue weighted by Crippen LogP contribution is -2.28. The Morgan fingerprint density at radius 2 is 1.88 bits per heavy atom. The molecule has 0 bridgehead atoms. The van der Waals surface area contributed by atoms with Crippen molar-refractivity contribution in [1.82, 2.24) is 0 Å². The number of amides is 1. The molecule has 0 saturated heterocycles. The van der Waals surface area contributed by atoms with Gasteiger partial charge < -0.3 is 14.2 Å². The predicted molar refractivity (Wildman–Crippen MR) is 80.8 cm³/mol. The number of nitrogens with one attached hydrogen (secondary N) is 1. The van der Waals surface area contributed by atoms with Crippen molar-refractivity contribution >= 4 is 23.4 Å². The van der Waals surface area contributed by atoms with Gasteiger partial charge in [-0.15, -0.1) is 0 Å². The highest BCUT2D eigenvalue weighted by Gasteiger charge is 2.31. The number of ether oxygens (including phenoxy) is 3. The molecule has 1 aromatic carbocycles. The second kappa shape index (κ2) is 7.11. The van der Waals surface area contributed by atoms with E-state index in [-0.39, 0.29) is 0 Å². The highest BCUT2D eigenvalue weighted by atomic mass is 19.1. The van der Waals surface area contributed by atoms with E-state index in [1.165, 1.54) is 0 Å². The van der Waals surface area contributed by atoms with Crippen LogP contribution in [0.15, 0.2) is 6.07 Å². The molecule has 24 heavy (non-hydrogen) atoms. The zero-order valence-electron chi connectivity index (χ0n) is 13.8. The van der Waals surface area contributed by atoms with Crippen molar-refractivity contribution in [3.63, 3.8) is 0 Å². The van der Waals surface area contributed by atoms with Gasteiger partial charge in [-0.05, 0) is 20.8 Å². The van der Waals surface area contributed by atoms with Gasteiger partial charge >= 0.3 is 12.1 Å². The number of esters is 1. The van der Waals surface area contributed by atoms with Crippen molar-refractivity contribution in [2.75, 3.05) is 19.5 Å². The molecule has 0 aliphatic rings. The van der Waals surface area contributed by atoms with Crippen LogP contribution in [0.2, 0.25) is 0 Å². The molecule has 0 aliphatic carbocycles. The maximum absolute atomic E-state index is 14.5. The number of rotatable bonds is 4. The van der Waals surface area contributed by atoms with Gasteiger partial charge in [-0.1, -0.05) is 0 Å². The fourth-order valence-corrected chi connectivity index (χ4v) is 1.75. The van der Waals surface area contributed by atoms with Gasteiger partial charge in [0, 0.05) is 6.07 Å². The van der Waals surface area contributed by atoms with Crippen LogP contribution in [0.5, 0.6) is 5.75 Å². The highest BCUT2D eigenvalue weighted by molar-refractivity contribution is 5.97. The van der Waals surface area contributed by atoms with Gasteiger partial charge in [-0.3, -0.25) is 15.4 Å². The Hall–Kier alpha value is -2.91. The molecule has 0 heterocycles. The number of methoxy groups -OCH3 is 2. The van der Waals surface area contributed by atoms with E-state index in [9.17, 15) is 24.1 Å². The molecule has 0 aromatic heterocycles. The Morgan fingerprint density at radius 1 is 1.29 bits per heavy atom. The van der Waals surface area contributed by atoms with Crippen LogP contribution in [0.25, 0.3) is 0 Å². The minimum absolute atomic E-state index is 0.487. The molecule has 1 amide bonds. The van der Waals surface area contributed by atoms with Gasteiger partial charge in [0.25, 0.3) is 5.69 Å². The first-order chi connectivity index (χ1) is 11.0. The highest BCUT2D eigenvalue weighted by Crippen LogP contribution is 2.37. The van der Waals surface area contributed by atoms with E-state index in [2.05, 4.69) is 4.74 Å². The molecule has 10 heteroatoms. The van der Waals surface area contributed by atoms with Gasteiger partial charge in [0.15, 0.2) is 17.3 Å². The van der Waals surface area contributed by atoms with E-state index < -0.39 is 51.1 Å². The number of halogens is 1. The number of carbonyl (C=O) groups is 2. The van der Waals surface area contributed by atoms with Crippen molar-refractivity contribution in [1.29, 1.82) is 0 Å². The summed E-state index contributed by atoms with van der Waals surface area (Å²) in [5.74, 6) is -2.92. The first-order valence-corrected chi connectivity index (χ1v) is 6.65. The van der Waals surface area contributed by atoms with Crippen LogP contribution in [0.4, 0.5) is 20.6 Å². The van der Waals surface area contributed by atoms with E-state index >= 15 is 0 Å². The number of benzene rings is 1. The molecule has 0 atom stereocenters. The predicted octanol–water partition coefficient (Wildman–Crippen LogP) is 2.88. The lowest BCUT2D eigenvalue weighted by atomic mass is 10.1. The summed E-state index contributed by atoms with van der Waals surface area (Å²) in [5, 5.41) is 13.1. The van der Waals surface area contributed by atoms with E-state index in [0.717, 1.165) is 20.3 Å². The SMILES string of the molecule is COC(=O)c1cc([N+](=O)[O-])c(NC(=O)OC(C)(C)C)c(F)c1OC. The molecule has 132 valence electrons. The summed E-state index contributed by atoms with van der Waals surface area (Å²) in [6.45, 7) is 4.70. The maximum Gasteiger partial charge on any atom is 0.412 e. The van der Waals surface area contributed by atoms with Crippen LogP contribution in [0, 0.1) is 15.9 Å². The van der Waals surface area contributed by atoms with Crippen molar-refractivity contribution < 1.29 is 33.1 Å². The zero-order valence-corrected chi connectivity index (χ0v) is 13.8. The fourth-order valence-electron chi connectivity index (χ4n) is 1.75. The number of nitrogens with zero attached hydrogens (tertiary/aromatic N) is 1. The molecule has 0 unspecified atom stereocenters. The maximum atomic E-state index is 14.5. The zero-order chi connectivity index (χ0) is 18.7. The Morgan fingerprint density at radius 3 is 2.29 bits per heavy atom. The fraction of sp³-hybridized carbons (Fsp3) is 0.429. The van der Waals surface area contributed by atoms with Crippen molar-refractivity contribution in [3.05, 3.63) is 27.6 Å². The summed E-state index contributed by atoms with van der Waals surface area (Å²) in [5.41, 5.74) is -3.01. The van der Waals surface area contributed by atoms with Crippen molar-refractivity contribution in [2.24, 2.45) is 0 Å². The molecule has 0 fully saturated rings. The summed E-state index contributed by atoms with van der Waals surface area (Å²) >= 11 is 0. The first kappa shape index (κ1) is 19.1. The molecule has 9 nitrogen and oxygen atoms in total. The lowest BCUT2D eigenvalue weighted by Gasteiger charge is -2.20. The molecular weight excluding hydrogens is 327 g/mol. The summed E-state index contributed by atoms with van der Waals surface area (Å²) in [4.78, 5) is 33.6. The number of hydrogen-bond donors (Lipinski definition) is 1. The van der Waals surface area contributed by atoms with E-state index in [1.807, 2.05) is 5.32 Å². The minimum Gasteiger partial charge on any atom is -0.493 e. The molecular formula is C14H17FN2O7. The molecule has 0 radical (unpaired) electrons. The van der Waals surface area contributed by atoms with Gasteiger partial charge in [0.05, 0.1) is 19.1 Å². The number of nitro groups is 1.